The molecule has 1 atom stereocenters. The van der Waals surface area contributed by atoms with Crippen LogP contribution < -0.4 is 5.32 Å². The van der Waals surface area contributed by atoms with Crippen molar-refractivity contribution in [1.82, 2.24) is 25.5 Å². The first-order valence-electron chi connectivity index (χ1n) is 15.5. The van der Waals surface area contributed by atoms with Crippen LogP contribution in [0.25, 0.3) is 22.5 Å². The van der Waals surface area contributed by atoms with Gasteiger partial charge in [-0.05, 0) is 49.7 Å². The highest BCUT2D eigenvalue weighted by molar-refractivity contribution is 5.81. The van der Waals surface area contributed by atoms with E-state index in [2.05, 4.69) is 125 Å². The number of methoxy groups -OCH3 is 1. The molecule has 0 aliphatic carbocycles. The van der Waals surface area contributed by atoms with Gasteiger partial charge in [0, 0.05) is 12.1 Å². The van der Waals surface area contributed by atoms with Crippen molar-refractivity contribution in [3.63, 3.8) is 0 Å². The summed E-state index contributed by atoms with van der Waals surface area (Å²) in [7, 11) is 1.42. The fourth-order valence-electron chi connectivity index (χ4n) is 6.16. The minimum atomic E-state index is -0.849. The SMILES string of the molecule is COC(=O)C(NCc1ccc(-c2ccccc2-c2nnnn2C(c2ccccc2)(c2ccccc2)c2ccccc2)cc1)C(C)C. The number of nitrogens with one attached hydrogen (secondary N) is 1. The normalized spacial score (nSPS) is 12.2. The van der Waals surface area contributed by atoms with Crippen LogP contribution in [0.3, 0.4) is 0 Å². The molecule has 7 nitrogen and oxygen atoms in total. The highest BCUT2D eigenvalue weighted by Gasteiger charge is 2.42. The zero-order chi connectivity index (χ0) is 31.9. The van der Waals surface area contributed by atoms with Crippen LogP contribution in [0, 0.1) is 5.92 Å². The number of aromatic nitrogens is 4. The fourth-order valence-corrected chi connectivity index (χ4v) is 6.16. The van der Waals surface area contributed by atoms with Crippen LogP contribution >= 0.6 is 0 Å². The molecule has 0 fully saturated rings. The van der Waals surface area contributed by atoms with Crippen molar-refractivity contribution in [1.29, 1.82) is 0 Å². The molecule has 0 bridgehead atoms. The van der Waals surface area contributed by atoms with E-state index in [4.69, 9.17) is 9.95 Å². The molecule has 1 aromatic heterocycles. The van der Waals surface area contributed by atoms with Crippen molar-refractivity contribution < 1.29 is 9.53 Å². The number of benzene rings is 5. The third-order valence-corrected chi connectivity index (χ3v) is 8.44. The Bertz CT molecular complexity index is 1770. The maximum atomic E-state index is 12.2. The highest BCUT2D eigenvalue weighted by Crippen LogP contribution is 2.43. The van der Waals surface area contributed by atoms with Gasteiger partial charge in [0.15, 0.2) is 5.82 Å². The molecule has 0 amide bonds. The van der Waals surface area contributed by atoms with Gasteiger partial charge in [0.25, 0.3) is 0 Å². The number of ether oxygens (including phenoxy) is 1. The molecule has 0 saturated heterocycles. The van der Waals surface area contributed by atoms with E-state index in [-0.39, 0.29) is 17.9 Å². The van der Waals surface area contributed by atoms with Crippen molar-refractivity contribution >= 4 is 5.97 Å². The lowest BCUT2D eigenvalue weighted by Crippen LogP contribution is -2.41. The van der Waals surface area contributed by atoms with Gasteiger partial charge in [-0.15, -0.1) is 5.10 Å². The van der Waals surface area contributed by atoms with E-state index < -0.39 is 5.54 Å². The van der Waals surface area contributed by atoms with Gasteiger partial charge in [-0.2, -0.15) is 0 Å². The van der Waals surface area contributed by atoms with Crippen LogP contribution in [0.4, 0.5) is 0 Å². The summed E-state index contributed by atoms with van der Waals surface area (Å²) in [5, 5.41) is 17.0. The number of rotatable bonds is 11. The summed E-state index contributed by atoms with van der Waals surface area (Å²) in [6.45, 7) is 4.56. The van der Waals surface area contributed by atoms with E-state index in [1.165, 1.54) is 7.11 Å². The zero-order valence-corrected chi connectivity index (χ0v) is 26.2. The summed E-state index contributed by atoms with van der Waals surface area (Å²) < 4.78 is 6.95. The molecule has 0 radical (unpaired) electrons. The smallest absolute Gasteiger partial charge is 0.323 e. The van der Waals surface area contributed by atoms with Crippen molar-refractivity contribution in [2.45, 2.75) is 32.0 Å². The summed E-state index contributed by atoms with van der Waals surface area (Å²) in [5.74, 6) is 0.506. The standard InChI is InChI=1S/C39H37N5O2/c1-28(2)36(38(45)46-3)40-27-29-23-25-30(26-24-29)34-21-13-14-22-35(34)37-41-42-43-44(37)39(31-15-7-4-8-16-31,32-17-9-5-10-18-32)33-19-11-6-12-20-33/h4-26,28,36,40H,27H2,1-3H3. The Hall–Kier alpha value is -5.40. The Balaban J connectivity index is 1.45. The lowest BCUT2D eigenvalue weighted by molar-refractivity contribution is -0.144. The number of tetrazole rings is 1. The number of carbonyl (C=O) groups excluding carboxylic acids is 1. The second kappa shape index (κ2) is 13.7. The van der Waals surface area contributed by atoms with Gasteiger partial charge in [0.2, 0.25) is 0 Å². The predicted molar refractivity (Wildman–Crippen MR) is 181 cm³/mol. The Kier molecular flexibility index (Phi) is 9.13. The summed E-state index contributed by atoms with van der Waals surface area (Å²) in [6.07, 6.45) is 0. The minimum Gasteiger partial charge on any atom is -0.468 e. The van der Waals surface area contributed by atoms with Crippen LogP contribution in [0.1, 0.15) is 36.1 Å². The maximum Gasteiger partial charge on any atom is 0.323 e. The summed E-state index contributed by atoms with van der Waals surface area (Å²) in [6, 6.07) is 47.4. The maximum absolute atomic E-state index is 12.2. The van der Waals surface area contributed by atoms with E-state index in [0.717, 1.165) is 38.9 Å². The van der Waals surface area contributed by atoms with Gasteiger partial charge in [-0.3, -0.25) is 4.79 Å². The largest absolute Gasteiger partial charge is 0.468 e. The monoisotopic (exact) mass is 607 g/mol. The molecular formula is C39H37N5O2. The molecule has 6 aromatic rings. The molecule has 1 unspecified atom stereocenters. The Labute approximate surface area is 269 Å². The summed E-state index contributed by atoms with van der Waals surface area (Å²) >= 11 is 0. The Morgan fingerprint density at radius 1 is 0.717 bits per heavy atom. The van der Waals surface area contributed by atoms with E-state index in [9.17, 15) is 4.79 Å². The van der Waals surface area contributed by atoms with E-state index in [1.54, 1.807) is 0 Å². The molecule has 0 spiro atoms. The predicted octanol–water partition coefficient (Wildman–Crippen LogP) is 7.13. The summed E-state index contributed by atoms with van der Waals surface area (Å²) in [4.78, 5) is 12.2. The fraction of sp³-hybridized carbons (Fsp3) is 0.179. The molecule has 1 N–H and O–H groups in total. The van der Waals surface area contributed by atoms with Crippen LogP contribution in [-0.2, 0) is 21.6 Å². The quantitative estimate of drug-likeness (QED) is 0.125. The molecule has 230 valence electrons. The minimum absolute atomic E-state index is 0.110. The molecule has 6 rings (SSSR count). The Morgan fingerprint density at radius 3 is 1.72 bits per heavy atom. The van der Waals surface area contributed by atoms with Gasteiger partial charge in [-0.1, -0.05) is 153 Å². The van der Waals surface area contributed by atoms with Gasteiger partial charge < -0.3 is 10.1 Å². The van der Waals surface area contributed by atoms with Gasteiger partial charge in [0.1, 0.15) is 11.6 Å². The molecule has 7 heteroatoms. The number of hydrogen-bond acceptors (Lipinski definition) is 6. The van der Waals surface area contributed by atoms with E-state index in [1.807, 2.05) is 48.9 Å². The van der Waals surface area contributed by atoms with Crippen LogP contribution in [0.15, 0.2) is 140 Å². The topological polar surface area (TPSA) is 81.9 Å². The zero-order valence-electron chi connectivity index (χ0n) is 26.2. The average molecular weight is 608 g/mol. The van der Waals surface area contributed by atoms with Gasteiger partial charge in [-0.25, -0.2) is 4.68 Å². The third-order valence-electron chi connectivity index (χ3n) is 8.44. The van der Waals surface area contributed by atoms with Crippen LogP contribution in [0.5, 0.6) is 0 Å². The van der Waals surface area contributed by atoms with Gasteiger partial charge >= 0.3 is 5.97 Å². The van der Waals surface area contributed by atoms with E-state index >= 15 is 0 Å². The Morgan fingerprint density at radius 2 is 1.22 bits per heavy atom. The van der Waals surface area contributed by atoms with Crippen molar-refractivity contribution in [3.05, 3.63) is 162 Å². The molecule has 5 aromatic carbocycles. The average Bonchev–Trinajstić information content (AvgIpc) is 3.60. The lowest BCUT2D eigenvalue weighted by atomic mass is 9.77. The van der Waals surface area contributed by atoms with Crippen molar-refractivity contribution in [2.75, 3.05) is 7.11 Å². The number of hydrogen-bond donors (Lipinski definition) is 1. The first kappa shape index (κ1) is 30.6. The summed E-state index contributed by atoms with van der Waals surface area (Å²) in [5.41, 5.74) is 6.30. The lowest BCUT2D eigenvalue weighted by Gasteiger charge is -2.36. The molecule has 46 heavy (non-hydrogen) atoms. The van der Waals surface area contributed by atoms with Gasteiger partial charge in [0.05, 0.1) is 7.11 Å². The van der Waals surface area contributed by atoms with Crippen molar-refractivity contribution in [2.24, 2.45) is 5.92 Å². The molecular weight excluding hydrogens is 570 g/mol. The number of nitrogens with zero attached hydrogens (tertiary/aromatic N) is 4. The first-order chi connectivity index (χ1) is 22.5. The molecule has 1 heterocycles. The van der Waals surface area contributed by atoms with E-state index in [0.29, 0.717) is 12.4 Å². The molecule has 0 saturated carbocycles. The second-order valence-corrected chi connectivity index (χ2v) is 11.6. The number of carbonyl (C=O) groups is 1. The van der Waals surface area contributed by atoms with Crippen LogP contribution in [-0.4, -0.2) is 39.3 Å². The highest BCUT2D eigenvalue weighted by atomic mass is 16.5. The second-order valence-electron chi connectivity index (χ2n) is 11.6. The van der Waals surface area contributed by atoms with Crippen LogP contribution in [0.2, 0.25) is 0 Å². The molecule has 0 aliphatic rings. The molecule has 0 aliphatic heterocycles. The third kappa shape index (κ3) is 5.85. The first-order valence-corrected chi connectivity index (χ1v) is 15.5. The number of esters is 1. The van der Waals surface area contributed by atoms with Crippen molar-refractivity contribution in [3.8, 4) is 22.5 Å².